The second-order valence-corrected chi connectivity index (χ2v) is 3.08. The first kappa shape index (κ1) is 10.5. The van der Waals surface area contributed by atoms with Crippen LogP contribution in [0.4, 0.5) is 5.82 Å². The molecule has 1 rings (SSSR count). The first-order chi connectivity index (χ1) is 6.56. The predicted molar refractivity (Wildman–Crippen MR) is 53.4 cm³/mol. The van der Waals surface area contributed by atoms with Crippen LogP contribution < -0.4 is 16.8 Å². The molecule has 78 valence electrons. The lowest BCUT2D eigenvalue weighted by Crippen LogP contribution is -2.41. The van der Waals surface area contributed by atoms with Gasteiger partial charge in [0.1, 0.15) is 5.82 Å². The standard InChI is InChI=1S/C8H15N5O/c1-3-5(9)12-8(14)6-7(10)13(2)4-11-6/h4-5H,3,9-10H2,1-2H3,(H,12,14). The lowest BCUT2D eigenvalue weighted by molar-refractivity contribution is 0.0933. The normalized spacial score (nSPS) is 12.5. The number of aromatic nitrogens is 2. The fourth-order valence-corrected chi connectivity index (χ4v) is 0.953. The van der Waals surface area contributed by atoms with E-state index in [0.29, 0.717) is 12.2 Å². The van der Waals surface area contributed by atoms with Gasteiger partial charge in [0.05, 0.1) is 12.5 Å². The maximum absolute atomic E-state index is 11.5. The third kappa shape index (κ3) is 2.02. The van der Waals surface area contributed by atoms with Gasteiger partial charge in [-0.3, -0.25) is 4.79 Å². The maximum Gasteiger partial charge on any atom is 0.274 e. The smallest absolute Gasteiger partial charge is 0.274 e. The van der Waals surface area contributed by atoms with Gasteiger partial charge in [0.15, 0.2) is 5.69 Å². The summed E-state index contributed by atoms with van der Waals surface area (Å²) in [6.07, 6.45) is 1.80. The summed E-state index contributed by atoms with van der Waals surface area (Å²) >= 11 is 0. The molecular weight excluding hydrogens is 182 g/mol. The van der Waals surface area contributed by atoms with Crippen molar-refractivity contribution >= 4 is 11.7 Å². The number of nitrogens with zero attached hydrogens (tertiary/aromatic N) is 2. The summed E-state index contributed by atoms with van der Waals surface area (Å²) in [6, 6.07) is 0. The summed E-state index contributed by atoms with van der Waals surface area (Å²) in [5.74, 6) is 0.00301. The molecule has 0 fully saturated rings. The summed E-state index contributed by atoms with van der Waals surface area (Å²) in [6.45, 7) is 1.88. The van der Waals surface area contributed by atoms with Crippen LogP contribution in [0.25, 0.3) is 0 Å². The summed E-state index contributed by atoms with van der Waals surface area (Å²) in [7, 11) is 1.72. The highest BCUT2D eigenvalue weighted by molar-refractivity contribution is 5.96. The van der Waals surface area contributed by atoms with Crippen molar-refractivity contribution in [2.24, 2.45) is 12.8 Å². The van der Waals surface area contributed by atoms with Crippen LogP contribution >= 0.6 is 0 Å². The molecule has 1 unspecified atom stereocenters. The van der Waals surface area contributed by atoms with Crippen molar-refractivity contribution in [2.45, 2.75) is 19.5 Å². The number of nitrogen functional groups attached to an aromatic ring is 1. The van der Waals surface area contributed by atoms with Crippen LogP contribution in [-0.2, 0) is 7.05 Å². The molecule has 0 radical (unpaired) electrons. The van der Waals surface area contributed by atoms with Gasteiger partial charge in [-0.2, -0.15) is 0 Å². The number of carbonyl (C=O) groups is 1. The monoisotopic (exact) mass is 197 g/mol. The van der Waals surface area contributed by atoms with Crippen LogP contribution in [0.1, 0.15) is 23.8 Å². The van der Waals surface area contributed by atoms with Crippen molar-refractivity contribution in [3.8, 4) is 0 Å². The van der Waals surface area contributed by atoms with Crippen molar-refractivity contribution in [3.05, 3.63) is 12.0 Å². The maximum atomic E-state index is 11.5. The molecule has 1 atom stereocenters. The van der Waals surface area contributed by atoms with Gasteiger partial charge in [-0.25, -0.2) is 4.98 Å². The Kier molecular flexibility index (Phi) is 3.08. The van der Waals surface area contributed by atoms with Crippen molar-refractivity contribution in [3.63, 3.8) is 0 Å². The molecule has 14 heavy (non-hydrogen) atoms. The van der Waals surface area contributed by atoms with Gasteiger partial charge in [0, 0.05) is 7.05 Å². The number of aryl methyl sites for hydroxylation is 1. The first-order valence-corrected chi connectivity index (χ1v) is 4.39. The van der Waals surface area contributed by atoms with Crippen LogP contribution in [0.15, 0.2) is 6.33 Å². The minimum Gasteiger partial charge on any atom is -0.383 e. The SMILES string of the molecule is CCC(N)NC(=O)c1ncn(C)c1N. The Morgan fingerprint density at radius 2 is 2.43 bits per heavy atom. The largest absolute Gasteiger partial charge is 0.383 e. The molecule has 0 bridgehead atoms. The molecule has 1 aromatic rings. The Hall–Kier alpha value is -1.56. The molecule has 0 aliphatic carbocycles. The summed E-state index contributed by atoms with van der Waals surface area (Å²) in [4.78, 5) is 15.4. The number of carbonyl (C=O) groups excluding carboxylic acids is 1. The van der Waals surface area contributed by atoms with Gasteiger partial charge in [0.25, 0.3) is 5.91 Å². The van der Waals surface area contributed by atoms with E-state index in [1.54, 1.807) is 11.6 Å². The Morgan fingerprint density at radius 3 is 2.86 bits per heavy atom. The van der Waals surface area contributed by atoms with Crippen LogP contribution in [-0.4, -0.2) is 21.6 Å². The number of hydrogen-bond donors (Lipinski definition) is 3. The molecule has 0 spiro atoms. The Labute approximate surface area is 82.3 Å². The number of hydrogen-bond acceptors (Lipinski definition) is 4. The van der Waals surface area contributed by atoms with E-state index in [2.05, 4.69) is 10.3 Å². The third-order valence-corrected chi connectivity index (χ3v) is 1.95. The number of anilines is 1. The second-order valence-electron chi connectivity index (χ2n) is 3.08. The average Bonchev–Trinajstić information content (AvgIpc) is 2.47. The number of nitrogens with one attached hydrogen (secondary N) is 1. The minimum atomic E-state index is -0.357. The Balaban J connectivity index is 2.75. The highest BCUT2D eigenvalue weighted by atomic mass is 16.2. The van der Waals surface area contributed by atoms with Gasteiger partial charge in [-0.15, -0.1) is 0 Å². The lowest BCUT2D eigenvalue weighted by Gasteiger charge is -2.10. The molecule has 0 aliphatic heterocycles. The number of amides is 1. The van der Waals surface area contributed by atoms with E-state index >= 15 is 0 Å². The van der Waals surface area contributed by atoms with E-state index in [-0.39, 0.29) is 17.8 Å². The molecule has 6 nitrogen and oxygen atoms in total. The van der Waals surface area contributed by atoms with E-state index < -0.39 is 0 Å². The molecule has 1 amide bonds. The number of nitrogens with two attached hydrogens (primary N) is 2. The van der Waals surface area contributed by atoms with Crippen LogP contribution in [0.2, 0.25) is 0 Å². The van der Waals surface area contributed by atoms with E-state index in [9.17, 15) is 4.79 Å². The van der Waals surface area contributed by atoms with Crippen LogP contribution in [0.3, 0.4) is 0 Å². The molecule has 0 aromatic carbocycles. The Morgan fingerprint density at radius 1 is 1.79 bits per heavy atom. The summed E-state index contributed by atoms with van der Waals surface area (Å²) < 4.78 is 1.58. The highest BCUT2D eigenvalue weighted by Crippen LogP contribution is 2.07. The highest BCUT2D eigenvalue weighted by Gasteiger charge is 2.15. The first-order valence-electron chi connectivity index (χ1n) is 4.39. The van der Waals surface area contributed by atoms with Gasteiger partial charge in [-0.1, -0.05) is 6.92 Å². The average molecular weight is 197 g/mol. The van der Waals surface area contributed by atoms with Crippen LogP contribution in [0.5, 0.6) is 0 Å². The third-order valence-electron chi connectivity index (χ3n) is 1.95. The molecule has 0 saturated carbocycles. The number of imidazole rings is 1. The van der Waals surface area contributed by atoms with Crippen molar-refractivity contribution in [1.29, 1.82) is 0 Å². The zero-order valence-corrected chi connectivity index (χ0v) is 8.32. The fraction of sp³-hybridized carbons (Fsp3) is 0.500. The zero-order valence-electron chi connectivity index (χ0n) is 8.32. The topological polar surface area (TPSA) is 99.0 Å². The van der Waals surface area contributed by atoms with Gasteiger partial charge in [0.2, 0.25) is 0 Å². The van der Waals surface area contributed by atoms with Crippen molar-refractivity contribution < 1.29 is 4.79 Å². The molecule has 0 saturated heterocycles. The van der Waals surface area contributed by atoms with E-state index in [1.807, 2.05) is 6.92 Å². The zero-order chi connectivity index (χ0) is 10.7. The van der Waals surface area contributed by atoms with Crippen molar-refractivity contribution in [1.82, 2.24) is 14.9 Å². The molecular formula is C8H15N5O. The van der Waals surface area contributed by atoms with Crippen LogP contribution in [0, 0.1) is 0 Å². The van der Waals surface area contributed by atoms with Gasteiger partial charge in [-0.05, 0) is 6.42 Å². The molecule has 5 N–H and O–H groups in total. The lowest BCUT2D eigenvalue weighted by atomic mass is 10.3. The molecule has 1 heterocycles. The molecule has 1 aromatic heterocycles. The molecule has 6 heteroatoms. The molecule has 0 aliphatic rings. The number of rotatable bonds is 3. The second kappa shape index (κ2) is 4.10. The predicted octanol–water partition coefficient (Wildman–Crippen LogP) is -0.573. The van der Waals surface area contributed by atoms with Crippen molar-refractivity contribution in [2.75, 3.05) is 5.73 Å². The summed E-state index contributed by atoms with van der Waals surface area (Å²) in [5.41, 5.74) is 11.4. The van der Waals surface area contributed by atoms with Gasteiger partial charge < -0.3 is 21.4 Å². The van der Waals surface area contributed by atoms with E-state index in [1.165, 1.54) is 6.33 Å². The fourth-order valence-electron chi connectivity index (χ4n) is 0.953. The Bertz CT molecular complexity index is 332. The summed E-state index contributed by atoms with van der Waals surface area (Å²) in [5, 5.41) is 2.58. The van der Waals surface area contributed by atoms with Gasteiger partial charge >= 0.3 is 0 Å². The van der Waals surface area contributed by atoms with E-state index in [0.717, 1.165) is 0 Å². The minimum absolute atomic E-state index is 0.219. The quantitative estimate of drug-likeness (QED) is 0.565. The van der Waals surface area contributed by atoms with E-state index in [4.69, 9.17) is 11.5 Å².